The van der Waals surface area contributed by atoms with Crippen LogP contribution in [0.4, 0.5) is 4.39 Å². The van der Waals surface area contributed by atoms with Gasteiger partial charge in [0, 0.05) is 36.7 Å². The molecule has 0 saturated heterocycles. The Morgan fingerprint density at radius 3 is 2.53 bits per heavy atom. The molecule has 4 rings (SSSR count). The number of carbonyl (C=O) groups is 2. The summed E-state index contributed by atoms with van der Waals surface area (Å²) in [5, 5.41) is 15.4. The second-order valence-electron chi connectivity index (χ2n) is 8.82. The number of furan rings is 1. The van der Waals surface area contributed by atoms with E-state index in [-0.39, 0.29) is 18.4 Å². The van der Waals surface area contributed by atoms with Gasteiger partial charge in [-0.15, -0.1) is 6.58 Å². The molecule has 8 heteroatoms. The van der Waals surface area contributed by atoms with Gasteiger partial charge in [-0.25, -0.2) is 9.87 Å². The van der Waals surface area contributed by atoms with Gasteiger partial charge >= 0.3 is 0 Å². The van der Waals surface area contributed by atoms with Crippen molar-refractivity contribution >= 4 is 22.8 Å². The van der Waals surface area contributed by atoms with Gasteiger partial charge in [-0.1, -0.05) is 18.2 Å². The third kappa shape index (κ3) is 5.82. The number of carbonyl (C=O) groups excluding carboxylic acids is 2. The van der Waals surface area contributed by atoms with Crippen molar-refractivity contribution in [2.75, 3.05) is 20.1 Å². The zero-order valence-electron chi connectivity index (χ0n) is 21.1. The number of rotatable bonds is 11. The van der Waals surface area contributed by atoms with E-state index in [1.54, 1.807) is 24.3 Å². The van der Waals surface area contributed by atoms with Crippen LogP contribution in [0.2, 0.25) is 0 Å². The van der Waals surface area contributed by atoms with E-state index in [1.807, 2.05) is 30.3 Å². The van der Waals surface area contributed by atoms with E-state index in [2.05, 4.69) is 22.7 Å². The summed E-state index contributed by atoms with van der Waals surface area (Å²) in [6.45, 7) is 4.53. The van der Waals surface area contributed by atoms with Crippen LogP contribution in [0.25, 0.3) is 33.4 Å². The highest BCUT2D eigenvalue weighted by Crippen LogP contribution is 2.38. The molecular weight excluding hydrogens is 485 g/mol. The normalized spacial score (nSPS) is 10.9. The van der Waals surface area contributed by atoms with Crippen LogP contribution in [0.5, 0.6) is 0 Å². The summed E-state index contributed by atoms with van der Waals surface area (Å²) >= 11 is 0. The van der Waals surface area contributed by atoms with Crippen molar-refractivity contribution < 1.29 is 23.6 Å². The van der Waals surface area contributed by atoms with Gasteiger partial charge in [-0.3, -0.25) is 9.59 Å². The summed E-state index contributed by atoms with van der Waals surface area (Å²) in [5.41, 5.74) is 6.50. The number of hydrogen-bond donors (Lipinski definition) is 4. The van der Waals surface area contributed by atoms with Crippen molar-refractivity contribution in [3.63, 3.8) is 0 Å². The van der Waals surface area contributed by atoms with Gasteiger partial charge in [0.1, 0.15) is 17.2 Å². The maximum Gasteiger partial charge on any atom is 0.255 e. The van der Waals surface area contributed by atoms with E-state index in [9.17, 15) is 19.2 Å². The highest BCUT2D eigenvalue weighted by atomic mass is 19.1. The number of hydroxylamine groups is 1. The molecule has 7 nitrogen and oxygen atoms in total. The van der Waals surface area contributed by atoms with Crippen molar-refractivity contribution in [3.8, 4) is 22.5 Å². The predicted octanol–water partition coefficient (Wildman–Crippen LogP) is 5.48. The molecule has 0 fully saturated rings. The first-order valence-corrected chi connectivity index (χ1v) is 12.4. The number of nitrogens with one attached hydrogen (secondary N) is 3. The Hall–Kier alpha value is -4.27. The predicted molar refractivity (Wildman–Crippen MR) is 146 cm³/mol. The van der Waals surface area contributed by atoms with Gasteiger partial charge < -0.3 is 20.3 Å². The van der Waals surface area contributed by atoms with Crippen molar-refractivity contribution in [1.29, 1.82) is 0 Å². The van der Waals surface area contributed by atoms with Crippen LogP contribution in [0.3, 0.4) is 0 Å². The number of allylic oxidation sites excluding steroid dienone is 1. The molecule has 4 aromatic rings. The maximum atomic E-state index is 13.6. The van der Waals surface area contributed by atoms with Crippen LogP contribution in [0, 0.1) is 5.82 Å². The zero-order chi connectivity index (χ0) is 27.1. The summed E-state index contributed by atoms with van der Waals surface area (Å²) in [6, 6.07) is 16.7. The van der Waals surface area contributed by atoms with Crippen LogP contribution >= 0.6 is 0 Å². The fourth-order valence-corrected chi connectivity index (χ4v) is 4.38. The molecule has 0 aliphatic heterocycles. The minimum Gasteiger partial charge on any atom is -0.455 e. The van der Waals surface area contributed by atoms with E-state index in [0.29, 0.717) is 46.4 Å². The first kappa shape index (κ1) is 26.8. The lowest BCUT2D eigenvalue weighted by Gasteiger charge is -2.12. The summed E-state index contributed by atoms with van der Waals surface area (Å²) < 4.78 is 19.7. The highest BCUT2D eigenvalue weighted by molar-refractivity contribution is 6.12. The molecule has 0 spiro atoms. The number of fused-ring (bicyclic) bond motifs is 1. The minimum absolute atomic E-state index is 0.177. The van der Waals surface area contributed by atoms with E-state index >= 15 is 0 Å². The molecule has 0 saturated carbocycles. The number of hydrogen-bond acceptors (Lipinski definition) is 5. The molecule has 2 amide bonds. The molecule has 4 N–H and O–H groups in total. The molecule has 3 aromatic carbocycles. The fourth-order valence-electron chi connectivity index (χ4n) is 4.38. The fraction of sp³-hybridized carbons (Fsp3) is 0.200. The Labute approximate surface area is 220 Å². The van der Waals surface area contributed by atoms with Crippen molar-refractivity contribution in [1.82, 2.24) is 16.1 Å². The molecule has 0 radical (unpaired) electrons. The largest absolute Gasteiger partial charge is 0.455 e. The van der Waals surface area contributed by atoms with Gasteiger partial charge in [-0.05, 0) is 84.5 Å². The molecular formula is C30H30FN3O4. The van der Waals surface area contributed by atoms with E-state index in [4.69, 9.17) is 4.42 Å². The van der Waals surface area contributed by atoms with Gasteiger partial charge in [-0.2, -0.15) is 0 Å². The summed E-state index contributed by atoms with van der Waals surface area (Å²) in [6.07, 6.45) is 3.90. The number of halogens is 1. The first-order valence-electron chi connectivity index (χ1n) is 12.4. The Kier molecular flexibility index (Phi) is 8.68. The van der Waals surface area contributed by atoms with E-state index in [1.165, 1.54) is 19.2 Å². The standard InChI is InChI=1S/C30H30FN3O4/c1-3-4-5-14-33-29(35)22-8-6-7-20(16-22)24-18-25-26(17-21(24)13-15-34-37)38-28(27(25)30(36)32-2)19-9-11-23(31)12-10-19/h3,6-12,16-18,34,37H,1,4-5,13-15H2,2H3,(H,32,36)(H,33,35). The Morgan fingerprint density at radius 1 is 1.03 bits per heavy atom. The summed E-state index contributed by atoms with van der Waals surface area (Å²) in [4.78, 5) is 25.7. The Bertz CT molecular complexity index is 1460. The minimum atomic E-state index is -0.392. The molecule has 196 valence electrons. The second-order valence-corrected chi connectivity index (χ2v) is 8.82. The third-order valence-electron chi connectivity index (χ3n) is 6.29. The zero-order valence-corrected chi connectivity index (χ0v) is 21.1. The van der Waals surface area contributed by atoms with E-state index in [0.717, 1.165) is 29.5 Å². The third-order valence-corrected chi connectivity index (χ3v) is 6.29. The lowest BCUT2D eigenvalue weighted by Crippen LogP contribution is -2.24. The molecule has 0 bridgehead atoms. The van der Waals surface area contributed by atoms with Crippen LogP contribution in [-0.2, 0) is 6.42 Å². The SMILES string of the molecule is C=CCCCNC(=O)c1cccc(-c2cc3c(C(=O)NC)c(-c4ccc(F)cc4)oc3cc2CCNO)c1. The van der Waals surface area contributed by atoms with Crippen molar-refractivity contribution in [3.05, 3.63) is 95.8 Å². The van der Waals surface area contributed by atoms with Crippen LogP contribution in [0.1, 0.15) is 39.1 Å². The molecule has 0 aliphatic rings. The molecule has 38 heavy (non-hydrogen) atoms. The number of unbranched alkanes of at least 4 members (excludes halogenated alkanes) is 1. The summed E-state index contributed by atoms with van der Waals surface area (Å²) in [5.74, 6) is -0.581. The average molecular weight is 516 g/mol. The first-order chi connectivity index (χ1) is 18.5. The molecule has 0 unspecified atom stereocenters. The van der Waals surface area contributed by atoms with Crippen LogP contribution < -0.4 is 16.1 Å². The van der Waals surface area contributed by atoms with Crippen LogP contribution in [0.15, 0.2) is 77.7 Å². The average Bonchev–Trinajstić information content (AvgIpc) is 3.32. The summed E-state index contributed by atoms with van der Waals surface area (Å²) in [7, 11) is 1.54. The van der Waals surface area contributed by atoms with E-state index < -0.39 is 5.82 Å². The smallest absolute Gasteiger partial charge is 0.255 e. The van der Waals surface area contributed by atoms with Crippen LogP contribution in [-0.4, -0.2) is 37.2 Å². The lowest BCUT2D eigenvalue weighted by atomic mass is 9.93. The second kappa shape index (κ2) is 12.3. The Morgan fingerprint density at radius 2 is 1.82 bits per heavy atom. The van der Waals surface area contributed by atoms with Gasteiger partial charge in [0.05, 0.1) is 5.56 Å². The molecule has 1 aromatic heterocycles. The van der Waals surface area contributed by atoms with Gasteiger partial charge in [0.15, 0.2) is 0 Å². The number of amides is 2. The highest BCUT2D eigenvalue weighted by Gasteiger charge is 2.23. The molecule has 0 aliphatic carbocycles. The maximum absolute atomic E-state index is 13.6. The van der Waals surface area contributed by atoms with Gasteiger partial charge in [0.25, 0.3) is 11.8 Å². The Balaban J connectivity index is 1.84. The molecule has 0 atom stereocenters. The lowest BCUT2D eigenvalue weighted by molar-refractivity contribution is 0.0949. The number of benzene rings is 3. The quantitative estimate of drug-likeness (QED) is 0.120. The van der Waals surface area contributed by atoms with Crippen molar-refractivity contribution in [2.45, 2.75) is 19.3 Å². The molecule has 1 heterocycles. The van der Waals surface area contributed by atoms with Gasteiger partial charge in [0.2, 0.25) is 0 Å². The monoisotopic (exact) mass is 515 g/mol. The van der Waals surface area contributed by atoms with Crippen molar-refractivity contribution in [2.24, 2.45) is 0 Å². The topological polar surface area (TPSA) is 104 Å².